The number of allylic oxidation sites excluding steroid dienone is 1. The minimum absolute atomic E-state index is 0.0545. The van der Waals surface area contributed by atoms with Crippen molar-refractivity contribution in [3.8, 4) is 0 Å². The molecule has 10 heteroatoms. The van der Waals surface area contributed by atoms with Crippen LogP contribution in [0.4, 0.5) is 11.5 Å². The molecule has 7 nitrogen and oxygen atoms in total. The Labute approximate surface area is 200 Å². The maximum absolute atomic E-state index is 12.7. The molecule has 0 bridgehead atoms. The van der Waals surface area contributed by atoms with E-state index in [0.29, 0.717) is 32.3 Å². The number of para-hydroxylation sites is 2. The van der Waals surface area contributed by atoms with Crippen LogP contribution in [0, 0.1) is 0 Å². The number of ketones is 1. The van der Waals surface area contributed by atoms with Crippen molar-refractivity contribution in [2.45, 2.75) is 4.90 Å². The molecule has 0 amide bonds. The highest BCUT2D eigenvalue weighted by Gasteiger charge is 2.15. The van der Waals surface area contributed by atoms with Crippen LogP contribution < -0.4 is 10.0 Å². The van der Waals surface area contributed by atoms with E-state index in [0.717, 1.165) is 0 Å². The van der Waals surface area contributed by atoms with Gasteiger partial charge in [-0.15, -0.1) is 0 Å². The number of nitrogens with zero attached hydrogens (tertiary/aromatic N) is 2. The fourth-order valence-corrected chi connectivity index (χ4v) is 4.18. The summed E-state index contributed by atoms with van der Waals surface area (Å²) in [6.07, 6.45) is 4.16. The fraction of sp³-hybridized carbons (Fsp3) is 0. The lowest BCUT2D eigenvalue weighted by atomic mass is 10.1. The predicted molar refractivity (Wildman–Crippen MR) is 130 cm³/mol. The van der Waals surface area contributed by atoms with E-state index in [-0.39, 0.29) is 16.5 Å². The Morgan fingerprint density at radius 1 is 0.909 bits per heavy atom. The molecule has 3 aromatic carbocycles. The summed E-state index contributed by atoms with van der Waals surface area (Å²) in [5.41, 5.74) is 2.24. The van der Waals surface area contributed by atoms with Gasteiger partial charge in [0, 0.05) is 23.5 Å². The van der Waals surface area contributed by atoms with Gasteiger partial charge in [0.2, 0.25) is 0 Å². The molecule has 2 N–H and O–H groups in total. The molecule has 1 aromatic heterocycles. The smallest absolute Gasteiger partial charge is 0.263 e. The average molecular weight is 499 g/mol. The van der Waals surface area contributed by atoms with E-state index in [4.69, 9.17) is 23.2 Å². The van der Waals surface area contributed by atoms with Gasteiger partial charge in [-0.2, -0.15) is 0 Å². The first kappa shape index (κ1) is 22.7. The van der Waals surface area contributed by atoms with Crippen molar-refractivity contribution in [1.29, 1.82) is 0 Å². The SMILES string of the molecule is O=C(/C=C\Nc1ccc(S(=O)(=O)Nc2cnc3ccccc3n2)cc1)c1ccc(Cl)c(Cl)c1. The molecular formula is C23H16Cl2N4O3S. The Bertz CT molecular complexity index is 1470. The van der Waals surface area contributed by atoms with E-state index in [2.05, 4.69) is 20.0 Å². The van der Waals surface area contributed by atoms with E-state index in [1.165, 1.54) is 36.7 Å². The second-order valence-electron chi connectivity index (χ2n) is 6.84. The van der Waals surface area contributed by atoms with Gasteiger partial charge in [0.1, 0.15) is 0 Å². The molecule has 0 aliphatic rings. The van der Waals surface area contributed by atoms with Crippen molar-refractivity contribution < 1.29 is 13.2 Å². The zero-order valence-corrected chi connectivity index (χ0v) is 19.2. The summed E-state index contributed by atoms with van der Waals surface area (Å²) in [5, 5.41) is 3.59. The Kier molecular flexibility index (Phi) is 6.60. The lowest BCUT2D eigenvalue weighted by Gasteiger charge is -2.08. The molecular weight excluding hydrogens is 483 g/mol. The van der Waals surface area contributed by atoms with Crippen molar-refractivity contribution in [3.05, 3.63) is 101 Å². The maximum atomic E-state index is 12.7. The largest absolute Gasteiger partial charge is 0.362 e. The normalized spacial score (nSPS) is 11.6. The second kappa shape index (κ2) is 9.58. The van der Waals surface area contributed by atoms with Crippen molar-refractivity contribution in [3.63, 3.8) is 0 Å². The van der Waals surface area contributed by atoms with E-state index in [9.17, 15) is 13.2 Å². The predicted octanol–water partition coefficient (Wildman–Crippen LogP) is 5.55. The highest BCUT2D eigenvalue weighted by molar-refractivity contribution is 7.92. The van der Waals surface area contributed by atoms with E-state index in [1.807, 2.05) is 6.07 Å². The van der Waals surface area contributed by atoms with Crippen molar-refractivity contribution in [2.75, 3.05) is 10.0 Å². The summed E-state index contributed by atoms with van der Waals surface area (Å²) >= 11 is 11.8. The molecule has 4 rings (SSSR count). The van der Waals surface area contributed by atoms with Crippen LogP contribution in [0.1, 0.15) is 10.4 Å². The van der Waals surface area contributed by atoms with Crippen LogP contribution in [-0.2, 0) is 10.0 Å². The van der Waals surface area contributed by atoms with Crippen LogP contribution in [0.25, 0.3) is 11.0 Å². The van der Waals surface area contributed by atoms with Crippen molar-refractivity contribution >= 4 is 61.5 Å². The number of benzene rings is 3. The third-order valence-electron chi connectivity index (χ3n) is 4.54. The number of fused-ring (bicyclic) bond motifs is 1. The Hall–Kier alpha value is -3.46. The van der Waals surface area contributed by atoms with Gasteiger partial charge in [0.15, 0.2) is 11.6 Å². The monoisotopic (exact) mass is 498 g/mol. The Morgan fingerprint density at radius 3 is 2.36 bits per heavy atom. The lowest BCUT2D eigenvalue weighted by Crippen LogP contribution is -2.14. The van der Waals surface area contributed by atoms with Gasteiger partial charge < -0.3 is 5.32 Å². The van der Waals surface area contributed by atoms with Crippen LogP contribution in [-0.4, -0.2) is 24.2 Å². The minimum Gasteiger partial charge on any atom is -0.362 e. The Balaban J connectivity index is 1.41. The summed E-state index contributed by atoms with van der Waals surface area (Å²) in [5.74, 6) is -0.138. The van der Waals surface area contributed by atoms with Gasteiger partial charge in [0.25, 0.3) is 10.0 Å². The number of halogens is 2. The molecule has 166 valence electrons. The molecule has 0 radical (unpaired) electrons. The quantitative estimate of drug-likeness (QED) is 0.256. The van der Waals surface area contributed by atoms with Crippen LogP contribution in [0.3, 0.4) is 0 Å². The minimum atomic E-state index is -3.85. The number of hydrogen-bond acceptors (Lipinski definition) is 6. The number of carbonyl (C=O) groups is 1. The zero-order chi connectivity index (χ0) is 23.4. The maximum Gasteiger partial charge on any atom is 0.263 e. The molecule has 0 aliphatic carbocycles. The zero-order valence-electron chi connectivity index (χ0n) is 16.9. The molecule has 0 spiro atoms. The molecule has 0 saturated carbocycles. The number of aromatic nitrogens is 2. The first-order valence-corrected chi connectivity index (χ1v) is 11.8. The molecule has 0 aliphatic heterocycles. The molecule has 0 unspecified atom stereocenters. The van der Waals surface area contributed by atoms with Crippen LogP contribution in [0.2, 0.25) is 10.0 Å². The fourth-order valence-electron chi connectivity index (χ4n) is 2.89. The average Bonchev–Trinajstić information content (AvgIpc) is 2.81. The molecule has 0 saturated heterocycles. The van der Waals surface area contributed by atoms with Crippen LogP contribution >= 0.6 is 23.2 Å². The summed E-state index contributed by atoms with van der Waals surface area (Å²) in [7, 11) is -3.85. The van der Waals surface area contributed by atoms with E-state index >= 15 is 0 Å². The number of rotatable bonds is 7. The highest BCUT2D eigenvalue weighted by Crippen LogP contribution is 2.23. The van der Waals surface area contributed by atoms with Gasteiger partial charge in [-0.25, -0.2) is 13.4 Å². The van der Waals surface area contributed by atoms with Gasteiger partial charge in [-0.3, -0.25) is 14.5 Å². The van der Waals surface area contributed by atoms with Gasteiger partial charge in [-0.1, -0.05) is 35.3 Å². The number of sulfonamides is 1. The first-order chi connectivity index (χ1) is 15.8. The van der Waals surface area contributed by atoms with Crippen molar-refractivity contribution in [2.24, 2.45) is 0 Å². The number of nitrogens with one attached hydrogen (secondary N) is 2. The standard InChI is InChI=1S/C23H16Cl2N4O3S/c24-18-10-5-15(13-19(18)25)22(30)11-12-26-16-6-8-17(9-7-16)33(31,32)29-23-14-27-20-3-1-2-4-21(20)28-23/h1-14,26H,(H,28,29)/b12-11-. The van der Waals surface area contributed by atoms with Crippen molar-refractivity contribution in [1.82, 2.24) is 9.97 Å². The molecule has 1 heterocycles. The van der Waals surface area contributed by atoms with Crippen LogP contribution in [0.15, 0.2) is 90.1 Å². The lowest BCUT2D eigenvalue weighted by molar-refractivity contribution is 0.104. The first-order valence-electron chi connectivity index (χ1n) is 9.59. The third-order valence-corrected chi connectivity index (χ3v) is 6.65. The molecule has 4 aromatic rings. The number of hydrogen-bond donors (Lipinski definition) is 2. The number of carbonyl (C=O) groups excluding carboxylic acids is 1. The molecule has 0 atom stereocenters. The van der Waals surface area contributed by atoms with Gasteiger partial charge in [-0.05, 0) is 54.6 Å². The van der Waals surface area contributed by atoms with Gasteiger partial charge >= 0.3 is 0 Å². The van der Waals surface area contributed by atoms with E-state index in [1.54, 1.807) is 42.5 Å². The van der Waals surface area contributed by atoms with Crippen LogP contribution in [0.5, 0.6) is 0 Å². The number of anilines is 2. The van der Waals surface area contributed by atoms with Gasteiger partial charge in [0.05, 0.1) is 32.2 Å². The highest BCUT2D eigenvalue weighted by atomic mass is 35.5. The van der Waals surface area contributed by atoms with E-state index < -0.39 is 10.0 Å². The molecule has 33 heavy (non-hydrogen) atoms. The molecule has 0 fully saturated rings. The summed E-state index contributed by atoms with van der Waals surface area (Å²) < 4.78 is 27.8. The summed E-state index contributed by atoms with van der Waals surface area (Å²) in [6.45, 7) is 0. The Morgan fingerprint density at radius 2 is 1.64 bits per heavy atom. The summed E-state index contributed by atoms with van der Waals surface area (Å²) in [4.78, 5) is 20.7. The summed E-state index contributed by atoms with van der Waals surface area (Å²) in [6, 6.07) is 17.8. The second-order valence-corrected chi connectivity index (χ2v) is 9.34. The topological polar surface area (TPSA) is 101 Å². The third kappa shape index (κ3) is 5.48.